The highest BCUT2D eigenvalue weighted by Crippen LogP contribution is 2.24. The van der Waals surface area contributed by atoms with Crippen LogP contribution in [0.2, 0.25) is 5.02 Å². The molecule has 4 N–H and O–H groups in total. The van der Waals surface area contributed by atoms with Crippen LogP contribution in [-0.4, -0.2) is 61.0 Å². The van der Waals surface area contributed by atoms with Gasteiger partial charge in [-0.15, -0.1) is 0 Å². The molecule has 2 aromatic rings. The van der Waals surface area contributed by atoms with Gasteiger partial charge in [0.2, 0.25) is 0 Å². The average Bonchev–Trinajstić information content (AvgIpc) is 2.80. The number of hydrogen-bond donors (Lipinski definition) is 3. The molecule has 0 radical (unpaired) electrons. The Morgan fingerprint density at radius 3 is 2.70 bits per heavy atom. The lowest BCUT2D eigenvalue weighted by Gasteiger charge is -2.44. The van der Waals surface area contributed by atoms with E-state index in [1.54, 1.807) is 24.3 Å². The smallest absolute Gasteiger partial charge is 0.252 e. The molecule has 0 aromatic heterocycles. The van der Waals surface area contributed by atoms with Crippen molar-refractivity contribution < 1.29 is 18.7 Å². The molecular formula is C24H30ClFN4O3. The van der Waals surface area contributed by atoms with Gasteiger partial charge >= 0.3 is 0 Å². The van der Waals surface area contributed by atoms with E-state index in [1.165, 1.54) is 18.2 Å². The second-order valence-corrected chi connectivity index (χ2v) is 8.90. The van der Waals surface area contributed by atoms with Gasteiger partial charge in [-0.05, 0) is 49.7 Å². The standard InChI is InChI=1S/C24H30ClFN4O3/c1-16-12-29-24(2,15-30(16)13-17-3-5-18(26)6-4-17)22(31)14-33-19-7-8-20(21(25)11-19)23(32)28-10-9-27/h3-8,11,16,29H,9-10,12-15,27H2,1-2H3,(H,28,32). The second kappa shape index (κ2) is 11.1. The van der Waals surface area contributed by atoms with Crippen LogP contribution in [0, 0.1) is 5.82 Å². The van der Waals surface area contributed by atoms with E-state index in [4.69, 9.17) is 22.1 Å². The van der Waals surface area contributed by atoms with Gasteiger partial charge < -0.3 is 21.1 Å². The number of halogens is 2. The van der Waals surface area contributed by atoms with Crippen molar-refractivity contribution in [3.63, 3.8) is 0 Å². The molecule has 1 amide bonds. The molecule has 0 spiro atoms. The quantitative estimate of drug-likeness (QED) is 0.514. The maximum atomic E-state index is 13.2. The van der Waals surface area contributed by atoms with E-state index < -0.39 is 5.54 Å². The summed E-state index contributed by atoms with van der Waals surface area (Å²) in [4.78, 5) is 27.3. The molecule has 0 saturated carbocycles. The Kier molecular flexibility index (Phi) is 8.42. The molecule has 1 saturated heterocycles. The summed E-state index contributed by atoms with van der Waals surface area (Å²) in [5.74, 6) is -0.282. The minimum Gasteiger partial charge on any atom is -0.486 e. The first kappa shape index (κ1) is 25.1. The molecule has 0 bridgehead atoms. The number of nitrogens with two attached hydrogens (primary N) is 1. The maximum Gasteiger partial charge on any atom is 0.252 e. The van der Waals surface area contributed by atoms with E-state index in [-0.39, 0.29) is 35.2 Å². The highest BCUT2D eigenvalue weighted by atomic mass is 35.5. The molecule has 1 aliphatic rings. The molecule has 2 unspecified atom stereocenters. The number of nitrogens with zero attached hydrogens (tertiary/aromatic N) is 1. The zero-order valence-electron chi connectivity index (χ0n) is 18.9. The van der Waals surface area contributed by atoms with Gasteiger partial charge in [-0.2, -0.15) is 0 Å². The summed E-state index contributed by atoms with van der Waals surface area (Å²) in [6.07, 6.45) is 0. The lowest BCUT2D eigenvalue weighted by Crippen LogP contribution is -2.66. The second-order valence-electron chi connectivity index (χ2n) is 8.49. The van der Waals surface area contributed by atoms with Gasteiger partial charge in [0.25, 0.3) is 5.91 Å². The first-order valence-corrected chi connectivity index (χ1v) is 11.3. The molecule has 2 aromatic carbocycles. The first-order valence-electron chi connectivity index (χ1n) is 10.9. The SMILES string of the molecule is CC1CNC(C)(C(=O)COc2ccc(C(=O)NCCN)c(Cl)c2)CN1Cc1ccc(F)cc1. The number of ether oxygens (including phenoxy) is 1. The highest BCUT2D eigenvalue weighted by molar-refractivity contribution is 6.34. The van der Waals surface area contributed by atoms with Crippen molar-refractivity contribution in [1.29, 1.82) is 0 Å². The monoisotopic (exact) mass is 476 g/mol. The third-order valence-electron chi connectivity index (χ3n) is 5.83. The van der Waals surface area contributed by atoms with Crippen LogP contribution in [0.25, 0.3) is 0 Å². The summed E-state index contributed by atoms with van der Waals surface area (Å²) in [5.41, 5.74) is 5.90. The van der Waals surface area contributed by atoms with Crippen LogP contribution in [0.4, 0.5) is 4.39 Å². The number of carbonyl (C=O) groups excluding carboxylic acids is 2. The van der Waals surface area contributed by atoms with E-state index >= 15 is 0 Å². The van der Waals surface area contributed by atoms with E-state index in [1.807, 2.05) is 6.92 Å². The lowest BCUT2D eigenvalue weighted by molar-refractivity contribution is -0.129. The van der Waals surface area contributed by atoms with Gasteiger partial charge in [0.1, 0.15) is 18.2 Å². The van der Waals surface area contributed by atoms with E-state index in [0.29, 0.717) is 44.0 Å². The van der Waals surface area contributed by atoms with Crippen LogP contribution in [0.1, 0.15) is 29.8 Å². The maximum absolute atomic E-state index is 13.2. The molecule has 7 nitrogen and oxygen atoms in total. The van der Waals surface area contributed by atoms with Crippen molar-refractivity contribution in [2.24, 2.45) is 5.73 Å². The number of benzene rings is 2. The number of amides is 1. The summed E-state index contributed by atoms with van der Waals surface area (Å²) >= 11 is 6.22. The molecule has 1 fully saturated rings. The topological polar surface area (TPSA) is 96.7 Å². The van der Waals surface area contributed by atoms with Gasteiger partial charge in [-0.3, -0.25) is 14.5 Å². The van der Waals surface area contributed by atoms with Crippen molar-refractivity contribution in [3.8, 4) is 5.75 Å². The molecule has 33 heavy (non-hydrogen) atoms. The third kappa shape index (κ3) is 6.51. The summed E-state index contributed by atoms with van der Waals surface area (Å²) < 4.78 is 18.9. The number of ketones is 1. The fourth-order valence-electron chi connectivity index (χ4n) is 3.70. The minimum absolute atomic E-state index is 0.0978. The van der Waals surface area contributed by atoms with Gasteiger partial charge in [0.15, 0.2) is 5.78 Å². The van der Waals surface area contributed by atoms with Crippen LogP contribution in [0.15, 0.2) is 42.5 Å². The Labute approximate surface area is 198 Å². The number of rotatable bonds is 9. The molecule has 0 aliphatic carbocycles. The Morgan fingerprint density at radius 2 is 2.03 bits per heavy atom. The summed E-state index contributed by atoms with van der Waals surface area (Å²) in [5, 5.41) is 6.23. The minimum atomic E-state index is -0.793. The number of carbonyl (C=O) groups is 2. The Bertz CT molecular complexity index is 988. The Hall–Kier alpha value is -2.52. The highest BCUT2D eigenvalue weighted by Gasteiger charge is 2.39. The molecule has 1 heterocycles. The van der Waals surface area contributed by atoms with Gasteiger partial charge in [-0.25, -0.2) is 4.39 Å². The summed E-state index contributed by atoms with van der Waals surface area (Å²) in [6.45, 7) is 6.25. The van der Waals surface area contributed by atoms with Crippen molar-refractivity contribution in [3.05, 3.63) is 64.4 Å². The summed E-state index contributed by atoms with van der Waals surface area (Å²) in [7, 11) is 0. The van der Waals surface area contributed by atoms with Crippen LogP contribution in [0.3, 0.4) is 0 Å². The van der Waals surface area contributed by atoms with Crippen LogP contribution >= 0.6 is 11.6 Å². The summed E-state index contributed by atoms with van der Waals surface area (Å²) in [6, 6.07) is 11.3. The first-order chi connectivity index (χ1) is 15.7. The zero-order chi connectivity index (χ0) is 24.0. The molecule has 3 rings (SSSR count). The van der Waals surface area contributed by atoms with Crippen molar-refractivity contribution in [2.75, 3.05) is 32.8 Å². The molecular weight excluding hydrogens is 447 g/mol. The van der Waals surface area contributed by atoms with Crippen molar-refractivity contribution in [1.82, 2.24) is 15.5 Å². The van der Waals surface area contributed by atoms with Crippen molar-refractivity contribution >= 4 is 23.3 Å². The predicted molar refractivity (Wildman–Crippen MR) is 126 cm³/mol. The zero-order valence-corrected chi connectivity index (χ0v) is 19.6. The fourth-order valence-corrected chi connectivity index (χ4v) is 3.96. The van der Waals surface area contributed by atoms with Crippen LogP contribution in [-0.2, 0) is 11.3 Å². The van der Waals surface area contributed by atoms with E-state index in [0.717, 1.165) is 5.56 Å². The Balaban J connectivity index is 1.60. The number of piperazine rings is 1. The van der Waals surface area contributed by atoms with Gasteiger partial charge in [-0.1, -0.05) is 23.7 Å². The number of hydrogen-bond acceptors (Lipinski definition) is 6. The van der Waals surface area contributed by atoms with E-state index in [2.05, 4.69) is 22.5 Å². The van der Waals surface area contributed by atoms with Gasteiger partial charge in [0.05, 0.1) is 16.1 Å². The van der Waals surface area contributed by atoms with Crippen LogP contribution in [0.5, 0.6) is 5.75 Å². The molecule has 9 heteroatoms. The number of Topliss-reactive ketones (excluding diaryl/α,β-unsaturated/α-hetero) is 1. The lowest BCUT2D eigenvalue weighted by atomic mass is 9.91. The van der Waals surface area contributed by atoms with Gasteiger partial charge in [0, 0.05) is 38.8 Å². The van der Waals surface area contributed by atoms with Crippen molar-refractivity contribution in [2.45, 2.75) is 32.0 Å². The third-order valence-corrected chi connectivity index (χ3v) is 6.14. The molecule has 2 atom stereocenters. The average molecular weight is 477 g/mol. The normalized spacial score (nSPS) is 20.9. The fraction of sp³-hybridized carbons (Fsp3) is 0.417. The largest absolute Gasteiger partial charge is 0.486 e. The number of nitrogens with one attached hydrogen (secondary N) is 2. The van der Waals surface area contributed by atoms with E-state index in [9.17, 15) is 14.0 Å². The predicted octanol–water partition coefficient (Wildman–Crippen LogP) is 2.37. The van der Waals surface area contributed by atoms with Crippen LogP contribution < -0.4 is 21.1 Å². The molecule has 178 valence electrons. The Morgan fingerprint density at radius 1 is 1.30 bits per heavy atom. The molecule has 1 aliphatic heterocycles.